The zero-order chi connectivity index (χ0) is 16.7. The van der Waals surface area contributed by atoms with Crippen LogP contribution in [0.5, 0.6) is 11.5 Å². The van der Waals surface area contributed by atoms with Gasteiger partial charge in [0.15, 0.2) is 11.5 Å². The maximum Gasteiger partial charge on any atom is 0.251 e. The van der Waals surface area contributed by atoms with E-state index in [0.717, 1.165) is 5.56 Å². The summed E-state index contributed by atoms with van der Waals surface area (Å²) in [4.78, 5) is 12.4. The Bertz CT molecular complexity index is 640. The van der Waals surface area contributed by atoms with Crippen LogP contribution in [-0.2, 0) is 0 Å². The number of nitrogens with one attached hydrogen (secondary N) is 1. The van der Waals surface area contributed by atoms with E-state index in [2.05, 4.69) is 5.32 Å². The lowest BCUT2D eigenvalue weighted by Gasteiger charge is -2.16. The van der Waals surface area contributed by atoms with Crippen LogP contribution < -0.4 is 14.8 Å². The van der Waals surface area contributed by atoms with Gasteiger partial charge in [0.25, 0.3) is 5.91 Å². The van der Waals surface area contributed by atoms with Crippen LogP contribution in [0.15, 0.2) is 48.5 Å². The molecule has 0 radical (unpaired) electrons. The first-order chi connectivity index (χ1) is 11.2. The Morgan fingerprint density at radius 3 is 2.30 bits per heavy atom. The van der Waals surface area contributed by atoms with Crippen LogP contribution in [0, 0.1) is 0 Å². The van der Waals surface area contributed by atoms with E-state index >= 15 is 0 Å². The van der Waals surface area contributed by atoms with Gasteiger partial charge in [-0.05, 0) is 44.5 Å². The van der Waals surface area contributed by atoms with E-state index in [4.69, 9.17) is 9.47 Å². The molecule has 0 aromatic heterocycles. The van der Waals surface area contributed by atoms with E-state index in [1.54, 1.807) is 18.2 Å². The number of rotatable bonds is 7. The zero-order valence-electron chi connectivity index (χ0n) is 13.8. The Morgan fingerprint density at radius 2 is 1.65 bits per heavy atom. The summed E-state index contributed by atoms with van der Waals surface area (Å²) < 4.78 is 11.1. The highest BCUT2D eigenvalue weighted by Crippen LogP contribution is 2.28. The molecule has 0 aliphatic carbocycles. The summed E-state index contributed by atoms with van der Waals surface area (Å²) in [5.74, 6) is 1.11. The monoisotopic (exact) mass is 313 g/mol. The molecule has 2 aromatic rings. The molecule has 0 fully saturated rings. The number of benzene rings is 2. The van der Waals surface area contributed by atoms with Crippen molar-refractivity contribution in [2.45, 2.75) is 26.8 Å². The summed E-state index contributed by atoms with van der Waals surface area (Å²) in [6, 6.07) is 15.1. The maximum atomic E-state index is 12.4. The highest BCUT2D eigenvalue weighted by atomic mass is 16.5. The van der Waals surface area contributed by atoms with Gasteiger partial charge in [0.2, 0.25) is 0 Å². The number of carbonyl (C=O) groups excluding carboxylic acids is 1. The summed E-state index contributed by atoms with van der Waals surface area (Å²) in [5.41, 5.74) is 1.62. The smallest absolute Gasteiger partial charge is 0.251 e. The Balaban J connectivity index is 2.14. The topological polar surface area (TPSA) is 47.6 Å². The minimum atomic E-state index is -0.134. The van der Waals surface area contributed by atoms with Crippen LogP contribution in [0.1, 0.15) is 42.7 Å². The molecule has 0 spiro atoms. The van der Waals surface area contributed by atoms with E-state index in [-0.39, 0.29) is 11.9 Å². The van der Waals surface area contributed by atoms with Crippen molar-refractivity contribution < 1.29 is 14.3 Å². The van der Waals surface area contributed by atoms with Gasteiger partial charge in [-0.15, -0.1) is 0 Å². The molecule has 0 saturated heterocycles. The summed E-state index contributed by atoms with van der Waals surface area (Å²) in [7, 11) is 0. The van der Waals surface area contributed by atoms with Gasteiger partial charge < -0.3 is 14.8 Å². The average molecular weight is 313 g/mol. The molecule has 0 aliphatic heterocycles. The van der Waals surface area contributed by atoms with E-state index in [1.807, 2.05) is 51.1 Å². The van der Waals surface area contributed by atoms with Gasteiger partial charge in [0.05, 0.1) is 19.3 Å². The van der Waals surface area contributed by atoms with Crippen molar-refractivity contribution in [2.75, 3.05) is 13.2 Å². The minimum Gasteiger partial charge on any atom is -0.490 e. The third kappa shape index (κ3) is 4.49. The number of hydrogen-bond donors (Lipinski definition) is 1. The normalized spacial score (nSPS) is 11.6. The molecule has 0 aliphatic rings. The van der Waals surface area contributed by atoms with Gasteiger partial charge in [-0.25, -0.2) is 0 Å². The van der Waals surface area contributed by atoms with Crippen molar-refractivity contribution in [3.05, 3.63) is 59.7 Å². The molecule has 2 aromatic carbocycles. The molecule has 1 amide bonds. The minimum absolute atomic E-state index is 0.0641. The Hall–Kier alpha value is -2.49. The third-order valence-corrected chi connectivity index (χ3v) is 3.45. The lowest BCUT2D eigenvalue weighted by Crippen LogP contribution is -2.26. The first-order valence-corrected chi connectivity index (χ1v) is 7.91. The van der Waals surface area contributed by atoms with Gasteiger partial charge in [0, 0.05) is 5.56 Å². The van der Waals surface area contributed by atoms with E-state index in [9.17, 15) is 4.79 Å². The number of hydrogen-bond acceptors (Lipinski definition) is 3. The lowest BCUT2D eigenvalue weighted by molar-refractivity contribution is 0.0939. The second kappa shape index (κ2) is 8.22. The van der Waals surface area contributed by atoms with Crippen LogP contribution in [0.3, 0.4) is 0 Å². The molecular formula is C19H23NO3. The van der Waals surface area contributed by atoms with Crippen molar-refractivity contribution >= 4 is 5.91 Å². The molecule has 1 N–H and O–H groups in total. The van der Waals surface area contributed by atoms with Crippen LogP contribution in [0.2, 0.25) is 0 Å². The molecule has 0 unspecified atom stereocenters. The largest absolute Gasteiger partial charge is 0.490 e. The third-order valence-electron chi connectivity index (χ3n) is 3.45. The molecule has 23 heavy (non-hydrogen) atoms. The van der Waals surface area contributed by atoms with Crippen LogP contribution in [0.25, 0.3) is 0 Å². The van der Waals surface area contributed by atoms with Gasteiger partial charge in [-0.2, -0.15) is 0 Å². The SMILES string of the molecule is CCOc1ccc(C(=O)N[C@@H](C)c2ccccc2)cc1OCC. The second-order valence-electron chi connectivity index (χ2n) is 5.13. The zero-order valence-corrected chi connectivity index (χ0v) is 13.8. The molecule has 2 rings (SSSR count). The van der Waals surface area contributed by atoms with Crippen molar-refractivity contribution in [2.24, 2.45) is 0 Å². The second-order valence-corrected chi connectivity index (χ2v) is 5.13. The summed E-state index contributed by atoms with van der Waals surface area (Å²) in [6.45, 7) is 6.85. The first kappa shape index (κ1) is 16.9. The molecular weight excluding hydrogens is 290 g/mol. The lowest BCUT2D eigenvalue weighted by atomic mass is 10.1. The highest BCUT2D eigenvalue weighted by Gasteiger charge is 2.14. The van der Waals surface area contributed by atoms with Gasteiger partial charge in [-0.1, -0.05) is 30.3 Å². The predicted octanol–water partition coefficient (Wildman–Crippen LogP) is 3.98. The number of amides is 1. The molecule has 0 saturated carbocycles. The quantitative estimate of drug-likeness (QED) is 0.841. The Kier molecular flexibility index (Phi) is 6.03. The highest BCUT2D eigenvalue weighted by molar-refractivity contribution is 5.95. The van der Waals surface area contributed by atoms with Crippen LogP contribution >= 0.6 is 0 Å². The predicted molar refractivity (Wildman–Crippen MR) is 91.1 cm³/mol. The van der Waals surface area contributed by atoms with Gasteiger partial charge in [-0.3, -0.25) is 4.79 Å². The molecule has 1 atom stereocenters. The molecule has 0 bridgehead atoms. The van der Waals surface area contributed by atoms with Crippen molar-refractivity contribution in [1.29, 1.82) is 0 Å². The van der Waals surface area contributed by atoms with Crippen LogP contribution in [0.4, 0.5) is 0 Å². The van der Waals surface area contributed by atoms with Gasteiger partial charge in [0.1, 0.15) is 0 Å². The number of ether oxygens (including phenoxy) is 2. The summed E-state index contributed by atoms with van der Waals surface area (Å²) in [6.07, 6.45) is 0. The molecule has 4 nitrogen and oxygen atoms in total. The van der Waals surface area contributed by atoms with Crippen molar-refractivity contribution in [3.8, 4) is 11.5 Å². The fourth-order valence-corrected chi connectivity index (χ4v) is 2.30. The van der Waals surface area contributed by atoms with E-state index in [0.29, 0.717) is 30.3 Å². The number of carbonyl (C=O) groups is 1. The standard InChI is InChI=1S/C19H23NO3/c1-4-22-17-12-11-16(13-18(17)23-5-2)19(21)20-14(3)15-9-7-6-8-10-15/h6-14H,4-5H2,1-3H3,(H,20,21)/t14-/m0/s1. The molecule has 0 heterocycles. The Morgan fingerprint density at radius 1 is 1.00 bits per heavy atom. The maximum absolute atomic E-state index is 12.4. The van der Waals surface area contributed by atoms with Crippen LogP contribution in [-0.4, -0.2) is 19.1 Å². The van der Waals surface area contributed by atoms with E-state index in [1.165, 1.54) is 0 Å². The average Bonchev–Trinajstić information content (AvgIpc) is 2.57. The van der Waals surface area contributed by atoms with Crippen molar-refractivity contribution in [3.63, 3.8) is 0 Å². The summed E-state index contributed by atoms with van der Waals surface area (Å²) in [5, 5.41) is 3.00. The van der Waals surface area contributed by atoms with E-state index < -0.39 is 0 Å². The Labute approximate surface area is 137 Å². The molecule has 4 heteroatoms. The first-order valence-electron chi connectivity index (χ1n) is 7.91. The van der Waals surface area contributed by atoms with Crippen molar-refractivity contribution in [1.82, 2.24) is 5.32 Å². The molecule has 122 valence electrons. The van der Waals surface area contributed by atoms with Gasteiger partial charge >= 0.3 is 0 Å². The summed E-state index contributed by atoms with van der Waals surface area (Å²) >= 11 is 0. The fourth-order valence-electron chi connectivity index (χ4n) is 2.30. The fraction of sp³-hybridized carbons (Fsp3) is 0.316.